The van der Waals surface area contributed by atoms with Crippen molar-refractivity contribution < 1.29 is 23.2 Å². The molecule has 9 nitrogen and oxygen atoms in total. The number of amides is 2. The van der Waals surface area contributed by atoms with Crippen molar-refractivity contribution in [3.8, 4) is 0 Å². The molecule has 1 unspecified atom stereocenters. The van der Waals surface area contributed by atoms with Crippen LogP contribution in [-0.2, 0) is 9.59 Å². The van der Waals surface area contributed by atoms with Crippen molar-refractivity contribution in [1.29, 1.82) is 0 Å². The van der Waals surface area contributed by atoms with Gasteiger partial charge in [0.2, 0.25) is 5.91 Å². The molecule has 1 aromatic carbocycles. The van der Waals surface area contributed by atoms with E-state index in [0.717, 1.165) is 22.8 Å². The van der Waals surface area contributed by atoms with E-state index in [4.69, 9.17) is 8.83 Å². The zero-order valence-electron chi connectivity index (χ0n) is 23.1. The fraction of sp³-hybridized carbons (Fsp3) is 0.387. The van der Waals surface area contributed by atoms with Crippen LogP contribution in [0, 0.1) is 12.3 Å². The molecule has 4 heterocycles. The van der Waals surface area contributed by atoms with Crippen LogP contribution >= 0.6 is 0 Å². The molecule has 2 aromatic heterocycles. The Morgan fingerprint density at radius 2 is 1.73 bits per heavy atom. The van der Waals surface area contributed by atoms with Crippen LogP contribution in [0.2, 0.25) is 0 Å². The highest BCUT2D eigenvalue weighted by Crippen LogP contribution is 2.48. The highest BCUT2D eigenvalue weighted by atomic mass is 16.3. The van der Waals surface area contributed by atoms with Crippen LogP contribution in [0.5, 0.6) is 0 Å². The smallest absolute Gasteiger partial charge is 0.289 e. The molecule has 1 fully saturated rings. The number of ketones is 1. The van der Waals surface area contributed by atoms with Gasteiger partial charge in [-0.3, -0.25) is 14.4 Å². The molecule has 9 heteroatoms. The van der Waals surface area contributed by atoms with Gasteiger partial charge in [-0.15, -0.1) is 0 Å². The maximum atomic E-state index is 13.8. The van der Waals surface area contributed by atoms with Gasteiger partial charge in [-0.2, -0.15) is 0 Å². The first-order valence-corrected chi connectivity index (χ1v) is 13.8. The summed E-state index contributed by atoms with van der Waals surface area (Å²) in [6.07, 6.45) is 2.62. The molecule has 6 rings (SSSR count). The van der Waals surface area contributed by atoms with Gasteiger partial charge in [0.05, 0.1) is 24.2 Å². The van der Waals surface area contributed by atoms with Crippen LogP contribution < -0.4 is 10.2 Å². The number of benzene rings is 1. The fourth-order valence-electron chi connectivity index (χ4n) is 6.08. The highest BCUT2D eigenvalue weighted by Gasteiger charge is 2.43. The number of aryl methyl sites for hydroxylation is 1. The molecule has 0 bridgehead atoms. The van der Waals surface area contributed by atoms with Gasteiger partial charge in [0.25, 0.3) is 5.91 Å². The SMILES string of the molecule is Cc1ccc(C2C3=C(CC(C)(C)CC3=O)Nc3ccccc3N2CC(=O)N2CCN(C(=O)c3ccco3)CC2)o1. The Morgan fingerprint density at radius 3 is 2.42 bits per heavy atom. The first kappa shape index (κ1) is 26.0. The molecule has 1 aliphatic carbocycles. The number of carbonyl (C=O) groups is 3. The minimum absolute atomic E-state index is 0.0582. The number of Topliss-reactive ketones (excluding diaryl/α,β-unsaturated/α-hetero) is 1. The lowest BCUT2D eigenvalue weighted by Crippen LogP contribution is -2.53. The molecule has 40 heavy (non-hydrogen) atoms. The van der Waals surface area contributed by atoms with Gasteiger partial charge in [-0.25, -0.2) is 0 Å². The van der Waals surface area contributed by atoms with Crippen LogP contribution in [0.3, 0.4) is 0 Å². The van der Waals surface area contributed by atoms with Crippen molar-refractivity contribution in [2.24, 2.45) is 5.41 Å². The average molecular weight is 543 g/mol. The predicted molar refractivity (Wildman–Crippen MR) is 150 cm³/mol. The Morgan fingerprint density at radius 1 is 0.975 bits per heavy atom. The number of piperazine rings is 1. The summed E-state index contributed by atoms with van der Waals surface area (Å²) >= 11 is 0. The van der Waals surface area contributed by atoms with E-state index >= 15 is 0 Å². The molecular weight excluding hydrogens is 508 g/mol. The second-order valence-corrected chi connectivity index (χ2v) is 11.6. The Balaban J connectivity index is 1.32. The van der Waals surface area contributed by atoms with E-state index in [2.05, 4.69) is 19.2 Å². The van der Waals surface area contributed by atoms with Gasteiger partial charge >= 0.3 is 0 Å². The fourth-order valence-corrected chi connectivity index (χ4v) is 6.08. The number of carbonyl (C=O) groups excluding carboxylic acids is 3. The van der Waals surface area contributed by atoms with Crippen LogP contribution in [0.1, 0.15) is 54.8 Å². The molecule has 1 N–H and O–H groups in total. The number of furan rings is 2. The van der Waals surface area contributed by atoms with Crippen LogP contribution in [0.4, 0.5) is 11.4 Å². The standard InChI is InChI=1S/C31H34N4O5/c1-20-10-11-25(40-20)29-28-22(17-31(2,3)18-24(28)36)32-21-7-4-5-8-23(21)35(29)19-27(37)33-12-14-34(15-13-33)30(38)26-9-6-16-39-26/h4-11,16,29,32H,12-15,17-19H2,1-3H3. The highest BCUT2D eigenvalue weighted by molar-refractivity contribution is 6.01. The summed E-state index contributed by atoms with van der Waals surface area (Å²) in [5.41, 5.74) is 3.05. The number of nitrogens with one attached hydrogen (secondary N) is 1. The first-order chi connectivity index (χ1) is 19.2. The third-order valence-corrected chi connectivity index (χ3v) is 7.99. The predicted octanol–water partition coefficient (Wildman–Crippen LogP) is 4.78. The van der Waals surface area contributed by atoms with Crippen LogP contribution in [-0.4, -0.2) is 60.1 Å². The Labute approximate surface area is 233 Å². The second-order valence-electron chi connectivity index (χ2n) is 11.6. The zero-order chi connectivity index (χ0) is 28.0. The number of hydrogen-bond donors (Lipinski definition) is 1. The average Bonchev–Trinajstić information content (AvgIpc) is 3.59. The van der Waals surface area contributed by atoms with E-state index in [1.165, 1.54) is 6.26 Å². The number of para-hydroxylation sites is 2. The molecule has 1 saturated heterocycles. The Kier molecular flexibility index (Phi) is 6.52. The quantitative estimate of drug-likeness (QED) is 0.507. The monoisotopic (exact) mass is 542 g/mol. The summed E-state index contributed by atoms with van der Waals surface area (Å²) in [5, 5.41) is 3.57. The Hall–Kier alpha value is -4.27. The van der Waals surface area contributed by atoms with Gasteiger partial charge < -0.3 is 28.9 Å². The number of hydrogen-bond acceptors (Lipinski definition) is 7. The summed E-state index contributed by atoms with van der Waals surface area (Å²) in [6.45, 7) is 7.85. The normalized spacial score (nSPS) is 20.5. The number of nitrogens with zero attached hydrogens (tertiary/aromatic N) is 3. The van der Waals surface area contributed by atoms with Crippen molar-refractivity contribution >= 4 is 29.0 Å². The van der Waals surface area contributed by atoms with E-state index in [1.54, 1.807) is 21.9 Å². The van der Waals surface area contributed by atoms with E-state index < -0.39 is 6.04 Å². The molecule has 3 aromatic rings. The lowest BCUT2D eigenvalue weighted by atomic mass is 9.74. The van der Waals surface area contributed by atoms with Gasteiger partial charge in [-0.05, 0) is 55.2 Å². The van der Waals surface area contributed by atoms with Crippen LogP contribution in [0.25, 0.3) is 0 Å². The number of rotatable bonds is 4. The summed E-state index contributed by atoms with van der Waals surface area (Å²) < 4.78 is 11.4. The van der Waals surface area contributed by atoms with E-state index in [9.17, 15) is 14.4 Å². The zero-order valence-corrected chi connectivity index (χ0v) is 23.1. The molecular formula is C31H34N4O5. The summed E-state index contributed by atoms with van der Waals surface area (Å²) in [5.74, 6) is 1.51. The van der Waals surface area contributed by atoms with Crippen molar-refractivity contribution in [3.05, 3.63) is 83.3 Å². The number of fused-ring (bicyclic) bond motifs is 1. The van der Waals surface area contributed by atoms with Gasteiger partial charge in [0, 0.05) is 43.9 Å². The summed E-state index contributed by atoms with van der Waals surface area (Å²) in [6, 6.07) is 14.5. The van der Waals surface area contributed by atoms with Crippen molar-refractivity contribution in [2.45, 2.75) is 39.7 Å². The van der Waals surface area contributed by atoms with Gasteiger partial charge in [0.1, 0.15) is 17.6 Å². The van der Waals surface area contributed by atoms with Crippen molar-refractivity contribution in [2.75, 3.05) is 42.9 Å². The number of anilines is 2. The van der Waals surface area contributed by atoms with E-state index in [0.29, 0.717) is 56.1 Å². The molecule has 0 saturated carbocycles. The summed E-state index contributed by atoms with van der Waals surface area (Å²) in [7, 11) is 0. The second kappa shape index (κ2) is 10.0. The molecule has 208 valence electrons. The maximum Gasteiger partial charge on any atom is 0.289 e. The first-order valence-electron chi connectivity index (χ1n) is 13.8. The largest absolute Gasteiger partial charge is 0.464 e. The van der Waals surface area contributed by atoms with Crippen molar-refractivity contribution in [3.63, 3.8) is 0 Å². The minimum atomic E-state index is -0.547. The molecule has 1 atom stereocenters. The van der Waals surface area contributed by atoms with Crippen molar-refractivity contribution in [1.82, 2.24) is 9.80 Å². The van der Waals surface area contributed by atoms with Gasteiger partial charge in [0.15, 0.2) is 11.5 Å². The minimum Gasteiger partial charge on any atom is -0.464 e. The van der Waals surface area contributed by atoms with E-state index in [1.807, 2.05) is 48.2 Å². The molecule has 2 amide bonds. The molecule has 0 spiro atoms. The lowest BCUT2D eigenvalue weighted by molar-refractivity contribution is -0.131. The molecule has 3 aliphatic rings. The Bertz CT molecular complexity index is 1480. The summed E-state index contributed by atoms with van der Waals surface area (Å²) in [4.78, 5) is 45.8. The third kappa shape index (κ3) is 4.80. The molecule has 0 radical (unpaired) electrons. The van der Waals surface area contributed by atoms with Crippen LogP contribution in [0.15, 0.2) is 74.9 Å². The van der Waals surface area contributed by atoms with E-state index in [-0.39, 0.29) is 29.6 Å². The molecule has 2 aliphatic heterocycles. The maximum absolute atomic E-state index is 13.8. The van der Waals surface area contributed by atoms with Gasteiger partial charge in [-0.1, -0.05) is 26.0 Å². The topological polar surface area (TPSA) is 99.2 Å². The number of allylic oxidation sites excluding steroid dienone is 1. The third-order valence-electron chi connectivity index (χ3n) is 7.99. The lowest BCUT2D eigenvalue weighted by Gasteiger charge is -2.39.